The van der Waals surface area contributed by atoms with Crippen LogP contribution in [-0.4, -0.2) is 58.7 Å². The molecule has 31 heavy (non-hydrogen) atoms. The van der Waals surface area contributed by atoms with E-state index in [0.717, 1.165) is 54.3 Å². The van der Waals surface area contributed by atoms with Crippen molar-refractivity contribution >= 4 is 39.8 Å². The zero-order valence-electron chi connectivity index (χ0n) is 17.1. The van der Waals surface area contributed by atoms with E-state index < -0.39 is 0 Å². The third kappa shape index (κ3) is 4.28. The molecule has 9 heteroatoms. The summed E-state index contributed by atoms with van der Waals surface area (Å²) < 4.78 is 4.99. The van der Waals surface area contributed by atoms with Crippen LogP contribution in [0.4, 0.5) is 11.6 Å². The highest BCUT2D eigenvalue weighted by Gasteiger charge is 2.23. The molecule has 1 amide bonds. The third-order valence-corrected chi connectivity index (χ3v) is 5.98. The van der Waals surface area contributed by atoms with E-state index >= 15 is 0 Å². The highest BCUT2D eigenvalue weighted by atomic mass is 32.1. The predicted molar refractivity (Wildman–Crippen MR) is 121 cm³/mol. The van der Waals surface area contributed by atoms with Gasteiger partial charge in [-0.2, -0.15) is 11.3 Å². The Hall–Kier alpha value is -3.30. The number of carbonyl (C=O) groups is 1. The number of para-hydroxylation sites is 1. The molecule has 1 aliphatic heterocycles. The minimum absolute atomic E-state index is 0.0889. The number of benzene rings is 1. The Morgan fingerprint density at radius 3 is 2.74 bits per heavy atom. The maximum Gasteiger partial charge on any atom is 0.239 e. The Bertz CT molecular complexity index is 1200. The average Bonchev–Trinajstić information content (AvgIpc) is 3.46. The average molecular weight is 435 g/mol. The van der Waals surface area contributed by atoms with E-state index in [9.17, 15) is 4.79 Å². The van der Waals surface area contributed by atoms with E-state index in [1.807, 2.05) is 29.6 Å². The van der Waals surface area contributed by atoms with Crippen molar-refractivity contribution in [3.8, 4) is 11.4 Å². The quantitative estimate of drug-likeness (QED) is 0.515. The lowest BCUT2D eigenvalue weighted by atomic mass is 10.2. The standard InChI is InChI=1S/C22H22N6O2S/c1-15-12-19(26-30-15)24-20(29)13-27-7-9-28(10-8-27)22-17-4-2-3-5-18(17)23-21(25-22)16-6-11-31-14-16/h2-6,11-12,14H,7-10,13H2,1H3,(H,24,26,29). The molecular formula is C22H22N6O2S. The lowest BCUT2D eigenvalue weighted by Crippen LogP contribution is -2.49. The zero-order valence-corrected chi connectivity index (χ0v) is 17.9. The Labute approximate surface area is 183 Å². The summed E-state index contributed by atoms with van der Waals surface area (Å²) in [4.78, 5) is 26.4. The zero-order chi connectivity index (χ0) is 21.2. The lowest BCUT2D eigenvalue weighted by Gasteiger charge is -2.35. The van der Waals surface area contributed by atoms with Gasteiger partial charge in [-0.1, -0.05) is 17.3 Å². The van der Waals surface area contributed by atoms with E-state index in [1.165, 1.54) is 0 Å². The van der Waals surface area contributed by atoms with Gasteiger partial charge in [0, 0.05) is 48.6 Å². The van der Waals surface area contributed by atoms with Crippen molar-refractivity contribution in [3.63, 3.8) is 0 Å². The van der Waals surface area contributed by atoms with Gasteiger partial charge in [-0.05, 0) is 30.5 Å². The maximum absolute atomic E-state index is 12.3. The van der Waals surface area contributed by atoms with E-state index in [0.29, 0.717) is 18.1 Å². The lowest BCUT2D eigenvalue weighted by molar-refractivity contribution is -0.117. The second-order valence-corrected chi connectivity index (χ2v) is 8.31. The molecule has 1 aromatic carbocycles. The van der Waals surface area contributed by atoms with E-state index in [-0.39, 0.29) is 5.91 Å². The molecule has 3 aromatic heterocycles. The number of nitrogens with one attached hydrogen (secondary N) is 1. The van der Waals surface area contributed by atoms with Gasteiger partial charge in [-0.3, -0.25) is 9.69 Å². The Kier molecular flexibility index (Phi) is 5.35. The molecule has 1 saturated heterocycles. The Morgan fingerprint density at radius 1 is 1.16 bits per heavy atom. The first-order chi connectivity index (χ1) is 15.2. The topological polar surface area (TPSA) is 87.4 Å². The van der Waals surface area contributed by atoms with Crippen LogP contribution in [0.1, 0.15) is 5.76 Å². The third-order valence-electron chi connectivity index (χ3n) is 5.30. The summed E-state index contributed by atoms with van der Waals surface area (Å²) in [5.74, 6) is 2.74. The van der Waals surface area contributed by atoms with Crippen LogP contribution in [0.2, 0.25) is 0 Å². The van der Waals surface area contributed by atoms with Crippen molar-refractivity contribution in [1.29, 1.82) is 0 Å². The van der Waals surface area contributed by atoms with Crippen LogP contribution in [0.25, 0.3) is 22.3 Å². The van der Waals surface area contributed by atoms with Crippen LogP contribution in [0.15, 0.2) is 51.7 Å². The van der Waals surface area contributed by atoms with Crippen LogP contribution in [0, 0.1) is 6.92 Å². The molecule has 1 N–H and O–H groups in total. The number of anilines is 2. The fourth-order valence-corrected chi connectivity index (χ4v) is 4.38. The molecule has 0 atom stereocenters. The number of aryl methyl sites for hydroxylation is 1. The number of carbonyl (C=O) groups excluding carboxylic acids is 1. The van der Waals surface area contributed by atoms with Crippen molar-refractivity contribution in [3.05, 3.63) is 52.9 Å². The number of amides is 1. The smallest absolute Gasteiger partial charge is 0.239 e. The molecule has 0 bridgehead atoms. The molecule has 8 nitrogen and oxygen atoms in total. The van der Waals surface area contributed by atoms with Gasteiger partial charge in [-0.25, -0.2) is 9.97 Å². The van der Waals surface area contributed by atoms with Crippen LogP contribution >= 0.6 is 11.3 Å². The fourth-order valence-electron chi connectivity index (χ4n) is 3.75. The number of thiophene rings is 1. The normalized spacial score (nSPS) is 14.8. The summed E-state index contributed by atoms with van der Waals surface area (Å²) in [6.45, 7) is 5.25. The summed E-state index contributed by atoms with van der Waals surface area (Å²) in [6.07, 6.45) is 0. The van der Waals surface area contributed by atoms with Gasteiger partial charge in [0.25, 0.3) is 0 Å². The molecule has 158 valence electrons. The molecule has 1 aliphatic rings. The number of aromatic nitrogens is 3. The van der Waals surface area contributed by atoms with E-state index in [4.69, 9.17) is 14.5 Å². The summed E-state index contributed by atoms with van der Waals surface area (Å²) in [6, 6.07) is 11.9. The molecule has 0 unspecified atom stereocenters. The van der Waals surface area contributed by atoms with Crippen molar-refractivity contribution in [2.75, 3.05) is 42.9 Å². The number of rotatable bonds is 5. The summed E-state index contributed by atoms with van der Waals surface area (Å²) in [5.41, 5.74) is 1.98. The molecule has 0 radical (unpaired) electrons. The number of piperazine rings is 1. The molecule has 5 rings (SSSR count). The number of hydrogen-bond donors (Lipinski definition) is 1. The summed E-state index contributed by atoms with van der Waals surface area (Å²) in [7, 11) is 0. The largest absolute Gasteiger partial charge is 0.360 e. The minimum Gasteiger partial charge on any atom is -0.360 e. The molecule has 0 aliphatic carbocycles. The maximum atomic E-state index is 12.3. The van der Waals surface area contributed by atoms with Crippen molar-refractivity contribution in [2.45, 2.75) is 6.92 Å². The first-order valence-corrected chi connectivity index (χ1v) is 11.1. The van der Waals surface area contributed by atoms with Gasteiger partial charge in [0.2, 0.25) is 5.91 Å². The number of fused-ring (bicyclic) bond motifs is 1. The molecule has 0 saturated carbocycles. The monoisotopic (exact) mass is 434 g/mol. The van der Waals surface area contributed by atoms with Gasteiger partial charge in [0.05, 0.1) is 12.1 Å². The minimum atomic E-state index is -0.0889. The van der Waals surface area contributed by atoms with Crippen molar-refractivity contribution < 1.29 is 9.32 Å². The molecule has 1 fully saturated rings. The van der Waals surface area contributed by atoms with E-state index in [2.05, 4.69) is 31.7 Å². The van der Waals surface area contributed by atoms with Crippen LogP contribution in [0.5, 0.6) is 0 Å². The van der Waals surface area contributed by atoms with Crippen LogP contribution in [0.3, 0.4) is 0 Å². The highest BCUT2D eigenvalue weighted by Crippen LogP contribution is 2.29. The van der Waals surface area contributed by atoms with Crippen molar-refractivity contribution in [1.82, 2.24) is 20.0 Å². The fraction of sp³-hybridized carbons (Fsp3) is 0.273. The summed E-state index contributed by atoms with van der Waals surface area (Å²) in [5, 5.41) is 11.8. The highest BCUT2D eigenvalue weighted by molar-refractivity contribution is 7.08. The number of nitrogens with zero attached hydrogens (tertiary/aromatic N) is 5. The van der Waals surface area contributed by atoms with Crippen molar-refractivity contribution in [2.24, 2.45) is 0 Å². The molecule has 0 spiro atoms. The Morgan fingerprint density at radius 2 is 2.00 bits per heavy atom. The first-order valence-electron chi connectivity index (χ1n) is 10.2. The van der Waals surface area contributed by atoms with Crippen LogP contribution < -0.4 is 10.2 Å². The second-order valence-electron chi connectivity index (χ2n) is 7.53. The number of hydrogen-bond acceptors (Lipinski definition) is 8. The van der Waals surface area contributed by atoms with Gasteiger partial charge in [-0.15, -0.1) is 0 Å². The molecule has 4 aromatic rings. The molecular weight excluding hydrogens is 412 g/mol. The van der Waals surface area contributed by atoms with Gasteiger partial charge in [0.1, 0.15) is 11.6 Å². The van der Waals surface area contributed by atoms with Crippen LogP contribution in [-0.2, 0) is 4.79 Å². The summed E-state index contributed by atoms with van der Waals surface area (Å²) >= 11 is 1.64. The van der Waals surface area contributed by atoms with E-state index in [1.54, 1.807) is 24.3 Å². The Balaban J connectivity index is 1.29. The SMILES string of the molecule is Cc1cc(NC(=O)CN2CCN(c3nc(-c4ccsc4)nc4ccccc34)CC2)no1. The molecule has 4 heterocycles. The van der Waals surface area contributed by atoms with Gasteiger partial charge >= 0.3 is 0 Å². The van der Waals surface area contributed by atoms with Gasteiger partial charge < -0.3 is 14.7 Å². The van der Waals surface area contributed by atoms with Gasteiger partial charge in [0.15, 0.2) is 11.6 Å². The predicted octanol–water partition coefficient (Wildman–Crippen LogP) is 3.42. The first kappa shape index (κ1) is 19.7. The second kappa shape index (κ2) is 8.44.